The molecular weight excluding hydrogens is 269 g/mol. The van der Waals surface area contributed by atoms with Gasteiger partial charge in [-0.05, 0) is 23.7 Å². The first-order valence-corrected chi connectivity index (χ1v) is 5.65. The van der Waals surface area contributed by atoms with Gasteiger partial charge in [0.1, 0.15) is 11.9 Å². The highest BCUT2D eigenvalue weighted by Crippen LogP contribution is 2.27. The van der Waals surface area contributed by atoms with E-state index in [1.54, 1.807) is 0 Å². The summed E-state index contributed by atoms with van der Waals surface area (Å²) >= 11 is 0. The summed E-state index contributed by atoms with van der Waals surface area (Å²) in [7, 11) is 0. The number of amides is 2. The molecule has 104 valence electrons. The zero-order chi connectivity index (χ0) is 14.5. The van der Waals surface area contributed by atoms with Gasteiger partial charge in [0, 0.05) is 4.91 Å². The van der Waals surface area contributed by atoms with Gasteiger partial charge in [0.25, 0.3) is 0 Å². The third-order valence-electron chi connectivity index (χ3n) is 2.70. The first-order valence-electron chi connectivity index (χ1n) is 5.65. The monoisotopic (exact) mass is 279 g/mol. The number of nitrogens with one attached hydrogen (secondary N) is 1. The number of nitrogens with zero attached hydrogens (tertiary/aromatic N) is 4. The minimum Gasteiger partial charge on any atom is -0.442 e. The fourth-order valence-corrected chi connectivity index (χ4v) is 1.81. The van der Waals surface area contributed by atoms with Gasteiger partial charge in [-0.25, -0.2) is 9.18 Å². The predicted molar refractivity (Wildman–Crippen MR) is 66.9 cm³/mol. The van der Waals surface area contributed by atoms with Gasteiger partial charge in [-0.3, -0.25) is 9.69 Å². The van der Waals surface area contributed by atoms with Crippen molar-refractivity contribution < 1.29 is 18.7 Å². The van der Waals surface area contributed by atoms with Crippen LogP contribution in [0.5, 0.6) is 0 Å². The van der Waals surface area contributed by atoms with Crippen molar-refractivity contribution in [1.29, 1.82) is 0 Å². The Hall–Kier alpha value is -2.80. The van der Waals surface area contributed by atoms with E-state index in [-0.39, 0.29) is 24.5 Å². The maximum atomic E-state index is 13.6. The van der Waals surface area contributed by atoms with Crippen LogP contribution in [-0.4, -0.2) is 31.7 Å². The first-order chi connectivity index (χ1) is 9.65. The van der Waals surface area contributed by atoms with E-state index in [2.05, 4.69) is 15.3 Å². The second-order valence-electron chi connectivity index (χ2n) is 3.97. The number of cyclic esters (lactones) is 1. The van der Waals surface area contributed by atoms with E-state index < -0.39 is 18.0 Å². The minimum atomic E-state index is -0.734. The second kappa shape index (κ2) is 5.89. The van der Waals surface area contributed by atoms with Crippen molar-refractivity contribution in [2.24, 2.45) is 5.11 Å². The van der Waals surface area contributed by atoms with Crippen LogP contribution in [0, 0.1) is 5.82 Å². The van der Waals surface area contributed by atoms with Crippen LogP contribution in [-0.2, 0) is 9.53 Å². The lowest BCUT2D eigenvalue weighted by molar-refractivity contribution is -0.109. The van der Waals surface area contributed by atoms with Crippen molar-refractivity contribution in [2.75, 3.05) is 18.0 Å². The van der Waals surface area contributed by atoms with Gasteiger partial charge in [0.05, 0.1) is 24.5 Å². The third-order valence-corrected chi connectivity index (χ3v) is 2.70. The summed E-state index contributed by atoms with van der Waals surface area (Å²) in [6.45, 7) is 0.380. The summed E-state index contributed by atoms with van der Waals surface area (Å²) < 4.78 is 18.6. The number of hydrogen-bond acceptors (Lipinski definition) is 4. The molecule has 0 aromatic heterocycles. The van der Waals surface area contributed by atoms with Crippen LogP contribution in [0.4, 0.5) is 20.6 Å². The number of rotatable bonds is 5. The largest absolute Gasteiger partial charge is 0.442 e. The molecule has 1 aliphatic rings. The van der Waals surface area contributed by atoms with Crippen molar-refractivity contribution in [3.63, 3.8) is 0 Å². The van der Waals surface area contributed by atoms with E-state index in [9.17, 15) is 14.0 Å². The van der Waals surface area contributed by atoms with Gasteiger partial charge in [0.2, 0.25) is 6.41 Å². The van der Waals surface area contributed by atoms with Crippen LogP contribution < -0.4 is 10.2 Å². The molecule has 1 aromatic carbocycles. The number of hydrogen-bond donors (Lipinski definition) is 1. The summed E-state index contributed by atoms with van der Waals surface area (Å²) in [5, 5.41) is 5.58. The van der Waals surface area contributed by atoms with Gasteiger partial charge in [-0.1, -0.05) is 5.11 Å². The van der Waals surface area contributed by atoms with Crippen molar-refractivity contribution >= 4 is 23.9 Å². The fourth-order valence-electron chi connectivity index (χ4n) is 1.81. The minimum absolute atomic E-state index is 0.150. The molecule has 1 fully saturated rings. The number of azide groups is 1. The average molecular weight is 279 g/mol. The standard InChI is InChI=1S/C11H10FN5O3/c12-9-3-7(1-2-10(9)15-16-13)17-5-8(4-14-6-18)20-11(17)19/h1-3,6,8H,4-5H2,(H,14,18)/t8-/m0/s1. The Morgan fingerprint density at radius 2 is 2.45 bits per heavy atom. The molecule has 0 unspecified atom stereocenters. The summed E-state index contributed by atoms with van der Waals surface area (Å²) in [5.41, 5.74) is 8.40. The summed E-state index contributed by atoms with van der Waals surface area (Å²) in [4.78, 5) is 25.6. The topological polar surface area (TPSA) is 107 Å². The zero-order valence-corrected chi connectivity index (χ0v) is 10.2. The van der Waals surface area contributed by atoms with Gasteiger partial charge in [-0.15, -0.1) is 0 Å². The van der Waals surface area contributed by atoms with Crippen LogP contribution in [0.2, 0.25) is 0 Å². The van der Waals surface area contributed by atoms with Gasteiger partial charge in [-0.2, -0.15) is 0 Å². The van der Waals surface area contributed by atoms with Crippen LogP contribution >= 0.6 is 0 Å². The molecule has 0 aliphatic carbocycles. The third kappa shape index (κ3) is 2.78. The molecule has 0 saturated carbocycles. The molecule has 1 N–H and O–H groups in total. The molecule has 9 heteroatoms. The molecule has 2 amide bonds. The lowest BCUT2D eigenvalue weighted by Gasteiger charge is -2.13. The fraction of sp³-hybridized carbons (Fsp3) is 0.273. The molecule has 1 aliphatic heterocycles. The highest BCUT2D eigenvalue weighted by atomic mass is 19.1. The Morgan fingerprint density at radius 3 is 3.10 bits per heavy atom. The van der Waals surface area contributed by atoms with Crippen molar-refractivity contribution in [3.05, 3.63) is 34.5 Å². The molecule has 0 radical (unpaired) electrons. The van der Waals surface area contributed by atoms with Gasteiger partial charge >= 0.3 is 6.09 Å². The Kier molecular flexibility index (Phi) is 4.02. The molecule has 1 heterocycles. The van der Waals surface area contributed by atoms with E-state index in [0.29, 0.717) is 6.41 Å². The molecule has 0 spiro atoms. The summed E-state index contributed by atoms with van der Waals surface area (Å²) in [6, 6.07) is 3.80. The van der Waals surface area contributed by atoms with Crippen molar-refractivity contribution in [2.45, 2.75) is 6.10 Å². The van der Waals surface area contributed by atoms with Crippen LogP contribution in [0.3, 0.4) is 0 Å². The summed E-state index contributed by atoms with van der Waals surface area (Å²) in [6.07, 6.45) is -0.614. The van der Waals surface area contributed by atoms with E-state index in [4.69, 9.17) is 10.3 Å². The van der Waals surface area contributed by atoms with Crippen molar-refractivity contribution in [3.8, 4) is 0 Å². The number of carbonyl (C=O) groups excluding carboxylic acids is 2. The Labute approximate surface area is 112 Å². The number of halogens is 1. The molecule has 1 aromatic rings. The van der Waals surface area contributed by atoms with E-state index in [1.807, 2.05) is 0 Å². The second-order valence-corrected chi connectivity index (χ2v) is 3.97. The summed E-state index contributed by atoms with van der Waals surface area (Å²) in [5.74, 6) is -0.734. The highest BCUT2D eigenvalue weighted by Gasteiger charge is 2.32. The quantitative estimate of drug-likeness (QED) is 0.384. The Balaban J connectivity index is 2.15. The van der Waals surface area contributed by atoms with Gasteiger partial charge in [0.15, 0.2) is 0 Å². The lowest BCUT2D eigenvalue weighted by Crippen LogP contribution is -2.30. The number of ether oxygens (including phenoxy) is 1. The Bertz CT molecular complexity index is 587. The predicted octanol–water partition coefficient (Wildman–Crippen LogP) is 1.84. The average Bonchev–Trinajstić information content (AvgIpc) is 2.80. The normalized spacial score (nSPS) is 17.4. The number of carbonyl (C=O) groups is 2. The van der Waals surface area contributed by atoms with Gasteiger partial charge < -0.3 is 10.1 Å². The Morgan fingerprint density at radius 1 is 1.65 bits per heavy atom. The maximum Gasteiger partial charge on any atom is 0.414 e. The highest BCUT2D eigenvalue weighted by molar-refractivity contribution is 5.90. The van der Waals surface area contributed by atoms with E-state index in [0.717, 1.165) is 6.07 Å². The first kappa shape index (κ1) is 13.6. The molecular formula is C11H10FN5O3. The van der Waals surface area contributed by atoms with Crippen LogP contribution in [0.1, 0.15) is 0 Å². The zero-order valence-electron chi connectivity index (χ0n) is 10.2. The van der Waals surface area contributed by atoms with Crippen molar-refractivity contribution in [1.82, 2.24) is 5.32 Å². The molecule has 1 saturated heterocycles. The SMILES string of the molecule is [N-]=[N+]=Nc1ccc(N2C[C@H](CNC=O)OC2=O)cc1F. The molecule has 20 heavy (non-hydrogen) atoms. The molecule has 0 bridgehead atoms. The maximum absolute atomic E-state index is 13.6. The van der Waals surface area contributed by atoms with Crippen LogP contribution in [0.15, 0.2) is 23.3 Å². The number of anilines is 1. The van der Waals surface area contributed by atoms with E-state index >= 15 is 0 Å². The smallest absolute Gasteiger partial charge is 0.414 e. The molecule has 8 nitrogen and oxygen atoms in total. The molecule has 1 atom stereocenters. The number of benzene rings is 1. The van der Waals surface area contributed by atoms with E-state index in [1.165, 1.54) is 17.0 Å². The van der Waals surface area contributed by atoms with Crippen LogP contribution in [0.25, 0.3) is 10.4 Å². The molecule has 2 rings (SSSR count). The lowest BCUT2D eigenvalue weighted by atomic mass is 10.2.